The first-order valence-electron chi connectivity index (χ1n) is 7.49. The molecule has 21 heavy (non-hydrogen) atoms. The number of carbonyl (C=O) groups excluding carboxylic acids is 3. The molecule has 0 aromatic heterocycles. The minimum Gasteiger partial charge on any atom is -0.356 e. The van der Waals surface area contributed by atoms with E-state index in [0.29, 0.717) is 6.54 Å². The maximum Gasteiger partial charge on any atom is 0.326 e. The molecule has 4 amide bonds. The van der Waals surface area contributed by atoms with E-state index in [2.05, 4.69) is 11.4 Å². The van der Waals surface area contributed by atoms with E-state index in [9.17, 15) is 14.4 Å². The van der Waals surface area contributed by atoms with E-state index < -0.39 is 6.04 Å². The molecule has 0 unspecified atom stereocenters. The van der Waals surface area contributed by atoms with Gasteiger partial charge in [0.1, 0.15) is 6.04 Å². The molecule has 0 aromatic rings. The second kappa shape index (κ2) is 6.74. The lowest BCUT2D eigenvalue weighted by atomic mass is 9.97. The third-order valence-electron chi connectivity index (χ3n) is 4.20. The maximum absolute atomic E-state index is 11.9. The van der Waals surface area contributed by atoms with Crippen molar-refractivity contribution in [3.05, 3.63) is 11.6 Å². The highest BCUT2D eigenvalue weighted by atomic mass is 16.2. The van der Waals surface area contributed by atoms with Gasteiger partial charge < -0.3 is 10.2 Å². The largest absolute Gasteiger partial charge is 0.356 e. The summed E-state index contributed by atoms with van der Waals surface area (Å²) in [4.78, 5) is 37.8. The van der Waals surface area contributed by atoms with Crippen LogP contribution in [-0.2, 0) is 9.59 Å². The van der Waals surface area contributed by atoms with Crippen LogP contribution in [0.25, 0.3) is 0 Å². The van der Waals surface area contributed by atoms with Gasteiger partial charge >= 0.3 is 6.03 Å². The topological polar surface area (TPSA) is 69.7 Å². The summed E-state index contributed by atoms with van der Waals surface area (Å²) < 4.78 is 0. The lowest BCUT2D eigenvalue weighted by molar-refractivity contribution is -0.131. The van der Waals surface area contributed by atoms with Crippen LogP contribution in [-0.4, -0.2) is 54.3 Å². The Morgan fingerprint density at radius 2 is 2.10 bits per heavy atom. The Labute approximate surface area is 125 Å². The fourth-order valence-electron chi connectivity index (χ4n) is 2.82. The number of carbonyl (C=O) groups is 3. The molecule has 0 bridgehead atoms. The first-order chi connectivity index (χ1) is 10.0. The van der Waals surface area contributed by atoms with Crippen LogP contribution in [0, 0.1) is 0 Å². The quantitative estimate of drug-likeness (QED) is 0.613. The van der Waals surface area contributed by atoms with Crippen molar-refractivity contribution in [2.24, 2.45) is 0 Å². The Morgan fingerprint density at radius 3 is 2.67 bits per heavy atom. The van der Waals surface area contributed by atoms with Crippen LogP contribution >= 0.6 is 0 Å². The van der Waals surface area contributed by atoms with E-state index in [1.807, 2.05) is 0 Å². The van der Waals surface area contributed by atoms with Crippen LogP contribution in [0.3, 0.4) is 0 Å². The van der Waals surface area contributed by atoms with Crippen LogP contribution in [0.4, 0.5) is 4.79 Å². The molecule has 1 atom stereocenters. The highest BCUT2D eigenvalue weighted by molar-refractivity contribution is 6.05. The van der Waals surface area contributed by atoms with Gasteiger partial charge in [-0.2, -0.15) is 0 Å². The van der Waals surface area contributed by atoms with Gasteiger partial charge in [-0.1, -0.05) is 11.6 Å². The van der Waals surface area contributed by atoms with Gasteiger partial charge in [0, 0.05) is 20.6 Å². The number of nitrogens with zero attached hydrogens (tertiary/aromatic N) is 2. The molecule has 1 aliphatic heterocycles. The Hall–Kier alpha value is -1.85. The fraction of sp³-hybridized carbons (Fsp3) is 0.667. The molecule has 1 N–H and O–H groups in total. The summed E-state index contributed by atoms with van der Waals surface area (Å²) in [6.45, 7) is 0.596. The molecule has 2 aliphatic rings. The maximum atomic E-state index is 11.9. The Morgan fingerprint density at radius 1 is 1.33 bits per heavy atom. The second-order valence-corrected chi connectivity index (χ2v) is 5.72. The number of urea groups is 1. The first-order valence-corrected chi connectivity index (χ1v) is 7.49. The van der Waals surface area contributed by atoms with Gasteiger partial charge in [-0.05, 0) is 32.1 Å². The van der Waals surface area contributed by atoms with Gasteiger partial charge in [-0.25, -0.2) is 4.79 Å². The summed E-state index contributed by atoms with van der Waals surface area (Å²) in [5.41, 5.74) is 1.41. The molecule has 1 fully saturated rings. The van der Waals surface area contributed by atoms with Crippen molar-refractivity contribution in [3.63, 3.8) is 0 Å². The number of amides is 4. The highest BCUT2D eigenvalue weighted by Gasteiger charge is 2.41. The lowest BCUT2D eigenvalue weighted by Gasteiger charge is -2.16. The van der Waals surface area contributed by atoms with Gasteiger partial charge in [-0.15, -0.1) is 0 Å². The Bertz CT molecular complexity index is 473. The molecule has 6 heteroatoms. The monoisotopic (exact) mass is 293 g/mol. The van der Waals surface area contributed by atoms with Gasteiger partial charge in [0.2, 0.25) is 5.91 Å². The average Bonchev–Trinajstić information content (AvgIpc) is 2.66. The van der Waals surface area contributed by atoms with E-state index in [1.165, 1.54) is 30.4 Å². The molecule has 6 nitrogen and oxygen atoms in total. The van der Waals surface area contributed by atoms with Crippen LogP contribution in [0.5, 0.6) is 0 Å². The normalized spacial score (nSPS) is 22.6. The number of hydrogen-bond donors (Lipinski definition) is 1. The minimum atomic E-state index is -0.670. The van der Waals surface area contributed by atoms with E-state index in [4.69, 9.17) is 0 Å². The Kier molecular flexibility index (Phi) is 4.98. The molecule has 1 saturated heterocycles. The Balaban J connectivity index is 1.75. The van der Waals surface area contributed by atoms with E-state index in [0.717, 1.165) is 24.2 Å². The molecular formula is C15H23N3O3. The zero-order chi connectivity index (χ0) is 15.4. The standard InChI is InChI=1S/C15H23N3O3/c1-17-12(14(20)18(2)15(17)21)10-13(19)16-9-8-11-6-4-3-5-7-11/h6,12H,3-5,7-10H2,1-2H3,(H,16,19)/t12-/m1/s1. The van der Waals surface area contributed by atoms with Crippen molar-refractivity contribution in [2.75, 3.05) is 20.6 Å². The number of imide groups is 1. The van der Waals surface area contributed by atoms with Crippen molar-refractivity contribution < 1.29 is 14.4 Å². The number of allylic oxidation sites excluding steroid dienone is 1. The number of likely N-dealkylation sites (N-methyl/N-ethyl adjacent to an activating group) is 2. The SMILES string of the molecule is CN1C(=O)[C@@H](CC(=O)NCCC2=CCCCC2)N(C)C1=O. The number of nitrogens with one attached hydrogen (secondary N) is 1. The van der Waals surface area contributed by atoms with Crippen molar-refractivity contribution in [1.82, 2.24) is 15.1 Å². The molecular weight excluding hydrogens is 270 g/mol. The predicted octanol–water partition coefficient (Wildman–Crippen LogP) is 1.28. The van der Waals surface area contributed by atoms with Crippen molar-refractivity contribution >= 4 is 17.8 Å². The molecule has 0 aromatic carbocycles. The molecule has 0 radical (unpaired) electrons. The predicted molar refractivity (Wildman–Crippen MR) is 78.5 cm³/mol. The van der Waals surface area contributed by atoms with Crippen LogP contribution in [0.2, 0.25) is 0 Å². The lowest BCUT2D eigenvalue weighted by Crippen LogP contribution is -2.37. The van der Waals surface area contributed by atoms with Crippen LogP contribution < -0.4 is 5.32 Å². The van der Waals surface area contributed by atoms with E-state index >= 15 is 0 Å². The molecule has 1 heterocycles. The molecule has 2 rings (SSSR count). The van der Waals surface area contributed by atoms with Crippen LogP contribution in [0.1, 0.15) is 38.5 Å². The summed E-state index contributed by atoms with van der Waals surface area (Å²) in [6.07, 6.45) is 7.92. The third kappa shape index (κ3) is 3.62. The van der Waals surface area contributed by atoms with Crippen molar-refractivity contribution in [2.45, 2.75) is 44.6 Å². The van der Waals surface area contributed by atoms with Gasteiger partial charge in [0.15, 0.2) is 0 Å². The first kappa shape index (κ1) is 15.5. The summed E-state index contributed by atoms with van der Waals surface area (Å²) >= 11 is 0. The van der Waals surface area contributed by atoms with Crippen molar-refractivity contribution in [3.8, 4) is 0 Å². The molecule has 116 valence electrons. The van der Waals surface area contributed by atoms with Crippen molar-refractivity contribution in [1.29, 1.82) is 0 Å². The zero-order valence-corrected chi connectivity index (χ0v) is 12.7. The molecule has 0 saturated carbocycles. The summed E-state index contributed by atoms with van der Waals surface area (Å²) in [5, 5.41) is 2.84. The van der Waals surface area contributed by atoms with Crippen LogP contribution in [0.15, 0.2) is 11.6 Å². The second-order valence-electron chi connectivity index (χ2n) is 5.72. The average molecular weight is 293 g/mol. The summed E-state index contributed by atoms with van der Waals surface area (Å²) in [6, 6.07) is -1.03. The fourth-order valence-corrected chi connectivity index (χ4v) is 2.82. The highest BCUT2D eigenvalue weighted by Crippen LogP contribution is 2.19. The molecule has 1 aliphatic carbocycles. The summed E-state index contributed by atoms with van der Waals surface area (Å²) in [7, 11) is 2.99. The number of hydrogen-bond acceptors (Lipinski definition) is 3. The zero-order valence-electron chi connectivity index (χ0n) is 12.7. The van der Waals surface area contributed by atoms with E-state index in [1.54, 1.807) is 7.05 Å². The third-order valence-corrected chi connectivity index (χ3v) is 4.20. The van der Waals surface area contributed by atoms with Gasteiger partial charge in [0.05, 0.1) is 6.42 Å². The number of rotatable bonds is 5. The summed E-state index contributed by atoms with van der Waals surface area (Å²) in [5.74, 6) is -0.493. The van der Waals surface area contributed by atoms with Gasteiger partial charge in [0.25, 0.3) is 5.91 Å². The molecule has 0 spiro atoms. The smallest absolute Gasteiger partial charge is 0.326 e. The minimum absolute atomic E-state index is 0.0322. The van der Waals surface area contributed by atoms with E-state index in [-0.39, 0.29) is 24.3 Å². The van der Waals surface area contributed by atoms with Gasteiger partial charge in [-0.3, -0.25) is 14.5 Å².